The molecule has 1 fully saturated rings. The number of aromatic nitrogens is 1. The van der Waals surface area contributed by atoms with Crippen LogP contribution in [0.4, 0.5) is 0 Å². The molecule has 3 unspecified atom stereocenters. The fourth-order valence-electron chi connectivity index (χ4n) is 6.11. The molecular formula is C31H41BrN6O2. The van der Waals surface area contributed by atoms with Crippen molar-refractivity contribution in [1.29, 1.82) is 0 Å². The highest BCUT2D eigenvalue weighted by molar-refractivity contribution is 9.11. The molecule has 3 aliphatic heterocycles. The minimum absolute atomic E-state index is 0.0888. The first kappa shape index (κ1) is 28.5. The zero-order chi connectivity index (χ0) is 28.7. The summed E-state index contributed by atoms with van der Waals surface area (Å²) in [6.45, 7) is 14.6. The zero-order valence-corrected chi connectivity index (χ0v) is 25.9. The van der Waals surface area contributed by atoms with Crippen LogP contribution in [0.1, 0.15) is 37.6 Å². The minimum Gasteiger partial charge on any atom is -0.365 e. The third-order valence-corrected chi connectivity index (χ3v) is 9.12. The summed E-state index contributed by atoms with van der Waals surface area (Å²) in [5, 5.41) is 6.79. The topological polar surface area (TPSA) is 83.7 Å². The molecule has 9 heteroatoms. The highest BCUT2D eigenvalue weighted by atomic mass is 79.9. The van der Waals surface area contributed by atoms with Crippen LogP contribution in [-0.4, -0.2) is 70.9 Å². The van der Waals surface area contributed by atoms with Crippen molar-refractivity contribution < 1.29 is 4.79 Å². The van der Waals surface area contributed by atoms with Crippen LogP contribution in [0.25, 0.3) is 0 Å². The van der Waals surface area contributed by atoms with Crippen molar-refractivity contribution in [3.63, 3.8) is 0 Å². The molecule has 0 bridgehead atoms. The molecule has 214 valence electrons. The monoisotopic (exact) mass is 608 g/mol. The number of piperazine rings is 1. The Morgan fingerprint density at radius 2 is 1.90 bits per heavy atom. The smallest absolute Gasteiger partial charge is 0.253 e. The van der Waals surface area contributed by atoms with Gasteiger partial charge in [-0.1, -0.05) is 28.1 Å². The summed E-state index contributed by atoms with van der Waals surface area (Å²) >= 11 is 3.78. The Morgan fingerprint density at radius 3 is 2.55 bits per heavy atom. The number of likely N-dealkylation sites (N-methyl/N-ethyl adjacent to an activating group) is 1. The number of hydrogen-bond donors (Lipinski definition) is 3. The number of fused-ring (bicyclic) bond motifs is 1. The molecule has 1 aliphatic carbocycles. The maximum atomic E-state index is 13.8. The third-order valence-electron chi connectivity index (χ3n) is 8.42. The summed E-state index contributed by atoms with van der Waals surface area (Å²) < 4.78 is 0.994. The lowest BCUT2D eigenvalue weighted by atomic mass is 9.80. The Hall–Kier alpha value is -3.04. The molecule has 40 heavy (non-hydrogen) atoms. The molecule has 1 aromatic rings. The van der Waals surface area contributed by atoms with Crippen LogP contribution in [0.5, 0.6) is 0 Å². The van der Waals surface area contributed by atoms with Gasteiger partial charge in [-0.2, -0.15) is 0 Å². The second-order valence-corrected chi connectivity index (χ2v) is 12.6. The van der Waals surface area contributed by atoms with Gasteiger partial charge in [0.05, 0.1) is 12.0 Å². The van der Waals surface area contributed by atoms with Crippen LogP contribution in [0, 0.1) is 25.7 Å². The first-order chi connectivity index (χ1) is 19.0. The Morgan fingerprint density at radius 1 is 1.18 bits per heavy atom. The SMILES string of the molecule is Cc1cc(C)c(CNC(=O)C2C=C(C3=CC=C(N4CCN(C)CC4)NC3C)C=C3C2C(Br)=CN3C(C)C)c(=O)[nH]1. The van der Waals surface area contributed by atoms with E-state index in [0.717, 1.165) is 59.0 Å². The highest BCUT2D eigenvalue weighted by Gasteiger charge is 2.41. The first-order valence-corrected chi connectivity index (χ1v) is 15.0. The van der Waals surface area contributed by atoms with Crippen LogP contribution in [0.3, 0.4) is 0 Å². The Balaban J connectivity index is 1.44. The number of nitrogens with one attached hydrogen (secondary N) is 3. The Kier molecular flexibility index (Phi) is 8.15. The number of rotatable bonds is 6. The molecule has 4 heterocycles. The van der Waals surface area contributed by atoms with E-state index in [2.05, 4.69) is 105 Å². The number of aryl methyl sites for hydroxylation is 2. The fourth-order valence-corrected chi connectivity index (χ4v) is 6.85. The van der Waals surface area contributed by atoms with Crippen molar-refractivity contribution in [2.24, 2.45) is 11.8 Å². The van der Waals surface area contributed by atoms with Gasteiger partial charge in [-0.3, -0.25) is 9.59 Å². The quantitative estimate of drug-likeness (QED) is 0.457. The average Bonchev–Trinajstić information content (AvgIpc) is 3.24. The number of amides is 1. The number of H-pyrrole nitrogens is 1. The molecule has 3 atom stereocenters. The molecule has 8 nitrogen and oxygen atoms in total. The largest absolute Gasteiger partial charge is 0.365 e. The molecule has 0 radical (unpaired) electrons. The normalized spacial score (nSPS) is 25.0. The number of pyridine rings is 1. The van der Waals surface area contributed by atoms with Crippen molar-refractivity contribution in [2.45, 2.75) is 53.2 Å². The number of aromatic amines is 1. The molecule has 1 aromatic heterocycles. The van der Waals surface area contributed by atoms with Gasteiger partial charge < -0.3 is 30.3 Å². The predicted octanol–water partition coefficient (Wildman–Crippen LogP) is 3.63. The molecule has 0 aromatic carbocycles. The van der Waals surface area contributed by atoms with Gasteiger partial charge in [-0.25, -0.2) is 0 Å². The van der Waals surface area contributed by atoms with Gasteiger partial charge in [-0.05, 0) is 76.6 Å². The van der Waals surface area contributed by atoms with E-state index in [0.29, 0.717) is 5.56 Å². The van der Waals surface area contributed by atoms with Gasteiger partial charge in [0.15, 0.2) is 0 Å². The van der Waals surface area contributed by atoms with E-state index in [-0.39, 0.29) is 36.0 Å². The van der Waals surface area contributed by atoms with Crippen LogP contribution in [-0.2, 0) is 11.3 Å². The summed E-state index contributed by atoms with van der Waals surface area (Å²) in [4.78, 5) is 36.3. The molecule has 5 rings (SSSR count). The van der Waals surface area contributed by atoms with E-state index in [4.69, 9.17) is 0 Å². The Bertz CT molecular complexity index is 1390. The van der Waals surface area contributed by atoms with Crippen molar-refractivity contribution in [1.82, 2.24) is 30.3 Å². The number of halogens is 1. The predicted molar refractivity (Wildman–Crippen MR) is 163 cm³/mol. The van der Waals surface area contributed by atoms with E-state index in [1.165, 1.54) is 5.57 Å². The van der Waals surface area contributed by atoms with Crippen LogP contribution < -0.4 is 16.2 Å². The Labute approximate surface area is 245 Å². The lowest BCUT2D eigenvalue weighted by Crippen LogP contribution is -2.48. The molecule has 1 saturated heterocycles. The van der Waals surface area contributed by atoms with Crippen molar-refractivity contribution >= 4 is 21.8 Å². The number of carbonyl (C=O) groups is 1. The summed E-state index contributed by atoms with van der Waals surface area (Å²) in [5.41, 5.74) is 5.48. The lowest BCUT2D eigenvalue weighted by molar-refractivity contribution is -0.124. The molecule has 0 spiro atoms. The van der Waals surface area contributed by atoms with Crippen molar-refractivity contribution in [3.8, 4) is 0 Å². The van der Waals surface area contributed by atoms with Gasteiger partial charge in [-0.15, -0.1) is 0 Å². The minimum atomic E-state index is -0.412. The van der Waals surface area contributed by atoms with Gasteiger partial charge in [0, 0.05) is 72.3 Å². The second kappa shape index (κ2) is 11.4. The maximum absolute atomic E-state index is 13.8. The average molecular weight is 610 g/mol. The van der Waals surface area contributed by atoms with Crippen LogP contribution in [0.2, 0.25) is 0 Å². The summed E-state index contributed by atoms with van der Waals surface area (Å²) in [7, 11) is 2.17. The zero-order valence-electron chi connectivity index (χ0n) is 24.3. The maximum Gasteiger partial charge on any atom is 0.253 e. The van der Waals surface area contributed by atoms with E-state index >= 15 is 0 Å². The van der Waals surface area contributed by atoms with Crippen molar-refractivity contribution in [3.05, 3.63) is 90.9 Å². The molecule has 1 amide bonds. The van der Waals surface area contributed by atoms with Crippen molar-refractivity contribution in [2.75, 3.05) is 33.2 Å². The highest BCUT2D eigenvalue weighted by Crippen LogP contribution is 2.46. The number of carbonyl (C=O) groups excluding carboxylic acids is 1. The number of allylic oxidation sites excluding steroid dienone is 4. The fraction of sp³-hybridized carbons (Fsp3) is 0.484. The summed E-state index contributed by atoms with van der Waals surface area (Å²) in [5.74, 6) is 0.556. The summed E-state index contributed by atoms with van der Waals surface area (Å²) in [6, 6.07) is 2.29. The second-order valence-electron chi connectivity index (χ2n) is 11.7. The van der Waals surface area contributed by atoms with Crippen LogP contribution in [0.15, 0.2) is 68.5 Å². The van der Waals surface area contributed by atoms with E-state index < -0.39 is 5.92 Å². The first-order valence-electron chi connectivity index (χ1n) is 14.2. The summed E-state index contributed by atoms with van der Waals surface area (Å²) in [6.07, 6.45) is 10.8. The molecular weight excluding hydrogens is 568 g/mol. The number of dihydropyridines is 1. The van der Waals surface area contributed by atoms with E-state index in [1.54, 1.807) is 0 Å². The number of nitrogens with zero attached hydrogens (tertiary/aromatic N) is 3. The molecule has 0 saturated carbocycles. The van der Waals surface area contributed by atoms with E-state index in [9.17, 15) is 9.59 Å². The molecule has 3 N–H and O–H groups in total. The standard InChI is InChI=1S/C31H41BrN6O2/c1-18(2)38-17-26(32)29-24(30(39)33-16-25-19(3)13-20(4)34-31(25)40)14-22(15-27(29)38)23-7-8-28(35-21(23)5)37-11-9-36(6)10-12-37/h7-8,13-15,17-18,21,24,29,35H,9-12,16H2,1-6H3,(H,33,39)(H,34,40). The third kappa shape index (κ3) is 5.59. The van der Waals surface area contributed by atoms with E-state index in [1.807, 2.05) is 19.9 Å². The molecule has 4 aliphatic rings. The van der Waals surface area contributed by atoms with Gasteiger partial charge in [0.2, 0.25) is 5.91 Å². The van der Waals surface area contributed by atoms with Crippen LogP contribution >= 0.6 is 15.9 Å². The number of hydrogen-bond acceptors (Lipinski definition) is 6. The van der Waals surface area contributed by atoms with Gasteiger partial charge >= 0.3 is 0 Å². The van der Waals surface area contributed by atoms with Gasteiger partial charge in [0.1, 0.15) is 5.82 Å². The van der Waals surface area contributed by atoms with Gasteiger partial charge in [0.25, 0.3) is 5.56 Å². The lowest BCUT2D eigenvalue weighted by Gasteiger charge is -2.39.